The van der Waals surface area contributed by atoms with E-state index in [4.69, 9.17) is 10.5 Å². The van der Waals surface area contributed by atoms with E-state index in [9.17, 15) is 9.59 Å². The molecular weight excluding hydrogens is 318 g/mol. The van der Waals surface area contributed by atoms with Crippen molar-refractivity contribution in [2.45, 2.75) is 13.8 Å². The van der Waals surface area contributed by atoms with Crippen LogP contribution in [0.25, 0.3) is 0 Å². The summed E-state index contributed by atoms with van der Waals surface area (Å²) in [7, 11) is 1.54. The Kier molecular flexibility index (Phi) is 6.00. The lowest BCUT2D eigenvalue weighted by molar-refractivity contribution is 0.0772. The minimum atomic E-state index is -0.304. The maximum atomic E-state index is 12.4. The fourth-order valence-corrected chi connectivity index (χ4v) is 2.42. The first kappa shape index (κ1) is 18.3. The van der Waals surface area contributed by atoms with E-state index in [-0.39, 0.29) is 11.8 Å². The molecule has 6 heteroatoms. The molecule has 2 aromatic carbocycles. The number of anilines is 2. The lowest BCUT2D eigenvalue weighted by Crippen LogP contribution is -2.30. The van der Waals surface area contributed by atoms with Crippen LogP contribution in [0.3, 0.4) is 0 Å². The minimum absolute atomic E-state index is 0.0472. The fourth-order valence-electron chi connectivity index (χ4n) is 2.42. The maximum absolute atomic E-state index is 12.4. The molecule has 132 valence electrons. The van der Waals surface area contributed by atoms with Crippen LogP contribution in [0.5, 0.6) is 5.75 Å². The van der Waals surface area contributed by atoms with Gasteiger partial charge in [0, 0.05) is 30.3 Å². The van der Waals surface area contributed by atoms with Gasteiger partial charge in [0.1, 0.15) is 5.75 Å². The van der Waals surface area contributed by atoms with E-state index in [1.54, 1.807) is 54.5 Å². The Balaban J connectivity index is 2.14. The topological polar surface area (TPSA) is 84.7 Å². The number of carbonyl (C=O) groups excluding carboxylic acids is 2. The molecule has 0 aromatic heterocycles. The van der Waals surface area contributed by atoms with Crippen LogP contribution in [0.4, 0.5) is 11.4 Å². The molecule has 0 unspecified atom stereocenters. The average molecular weight is 341 g/mol. The molecule has 0 atom stereocenters. The molecule has 0 heterocycles. The third-order valence-electron chi connectivity index (χ3n) is 3.95. The summed E-state index contributed by atoms with van der Waals surface area (Å²) < 4.78 is 5.13. The van der Waals surface area contributed by atoms with E-state index in [1.165, 1.54) is 0 Å². The van der Waals surface area contributed by atoms with Gasteiger partial charge in [0.05, 0.1) is 18.5 Å². The minimum Gasteiger partial charge on any atom is -0.497 e. The molecule has 0 aliphatic carbocycles. The van der Waals surface area contributed by atoms with E-state index in [0.29, 0.717) is 41.3 Å². The van der Waals surface area contributed by atoms with Gasteiger partial charge in [-0.05, 0) is 50.2 Å². The standard InChI is InChI=1S/C19H23N3O3/c1-4-22(5-2)19(24)14-8-6-13(7-9-14)18(23)21-17-12-15(25-3)10-11-16(17)20/h6-12H,4-5,20H2,1-3H3,(H,21,23). The molecule has 0 radical (unpaired) electrons. The van der Waals surface area contributed by atoms with Crippen molar-refractivity contribution < 1.29 is 14.3 Å². The average Bonchev–Trinajstić information content (AvgIpc) is 2.64. The highest BCUT2D eigenvalue weighted by Gasteiger charge is 2.14. The van der Waals surface area contributed by atoms with Crippen LogP contribution in [0.15, 0.2) is 42.5 Å². The summed E-state index contributed by atoms with van der Waals surface area (Å²) >= 11 is 0. The monoisotopic (exact) mass is 341 g/mol. The van der Waals surface area contributed by atoms with Crippen molar-refractivity contribution in [3.8, 4) is 5.75 Å². The molecule has 2 amide bonds. The molecule has 25 heavy (non-hydrogen) atoms. The first-order valence-corrected chi connectivity index (χ1v) is 8.14. The summed E-state index contributed by atoms with van der Waals surface area (Å²) in [4.78, 5) is 26.4. The Morgan fingerprint density at radius 2 is 1.64 bits per heavy atom. The second-order valence-electron chi connectivity index (χ2n) is 5.46. The number of rotatable bonds is 6. The highest BCUT2D eigenvalue weighted by molar-refractivity contribution is 6.06. The van der Waals surface area contributed by atoms with E-state index in [2.05, 4.69) is 5.32 Å². The van der Waals surface area contributed by atoms with Gasteiger partial charge in [-0.2, -0.15) is 0 Å². The lowest BCUT2D eigenvalue weighted by Gasteiger charge is -2.18. The summed E-state index contributed by atoms with van der Waals surface area (Å²) in [5.74, 6) is 0.250. The molecule has 0 spiro atoms. The number of amides is 2. The van der Waals surface area contributed by atoms with Crippen molar-refractivity contribution in [1.29, 1.82) is 0 Å². The number of nitrogens with two attached hydrogens (primary N) is 1. The van der Waals surface area contributed by atoms with E-state index >= 15 is 0 Å². The van der Waals surface area contributed by atoms with Gasteiger partial charge in [-0.15, -0.1) is 0 Å². The predicted octanol–water partition coefficient (Wildman–Crippen LogP) is 3.01. The third kappa shape index (κ3) is 4.29. The van der Waals surface area contributed by atoms with E-state index < -0.39 is 0 Å². The Morgan fingerprint density at radius 1 is 1.04 bits per heavy atom. The summed E-state index contributed by atoms with van der Waals surface area (Å²) in [6.07, 6.45) is 0. The number of carbonyl (C=O) groups is 2. The van der Waals surface area contributed by atoms with Crippen molar-refractivity contribution in [3.05, 3.63) is 53.6 Å². The molecule has 6 nitrogen and oxygen atoms in total. The zero-order valence-corrected chi connectivity index (χ0v) is 14.7. The third-order valence-corrected chi connectivity index (χ3v) is 3.95. The Morgan fingerprint density at radius 3 is 2.20 bits per heavy atom. The number of methoxy groups -OCH3 is 1. The first-order chi connectivity index (χ1) is 12.0. The quantitative estimate of drug-likeness (QED) is 0.791. The molecule has 2 aromatic rings. The molecule has 0 saturated heterocycles. The number of nitrogens with one attached hydrogen (secondary N) is 1. The Bertz CT molecular complexity index is 753. The zero-order valence-electron chi connectivity index (χ0n) is 14.7. The first-order valence-electron chi connectivity index (χ1n) is 8.14. The van der Waals surface area contributed by atoms with Crippen molar-refractivity contribution in [3.63, 3.8) is 0 Å². The van der Waals surface area contributed by atoms with E-state index in [0.717, 1.165) is 0 Å². The number of nitrogen functional groups attached to an aromatic ring is 1. The number of benzene rings is 2. The molecule has 0 saturated carbocycles. The molecular formula is C19H23N3O3. The molecule has 0 aliphatic heterocycles. The number of ether oxygens (including phenoxy) is 1. The van der Waals surface area contributed by atoms with Gasteiger partial charge >= 0.3 is 0 Å². The van der Waals surface area contributed by atoms with Gasteiger partial charge in [-0.25, -0.2) is 0 Å². The van der Waals surface area contributed by atoms with Crippen LogP contribution >= 0.6 is 0 Å². The fraction of sp³-hybridized carbons (Fsp3) is 0.263. The van der Waals surface area contributed by atoms with Crippen LogP contribution in [-0.2, 0) is 0 Å². The zero-order chi connectivity index (χ0) is 18.4. The van der Waals surface area contributed by atoms with Crippen molar-refractivity contribution in [2.75, 3.05) is 31.2 Å². The smallest absolute Gasteiger partial charge is 0.255 e. The van der Waals surface area contributed by atoms with Crippen LogP contribution < -0.4 is 15.8 Å². The summed E-state index contributed by atoms with van der Waals surface area (Å²) in [5.41, 5.74) is 7.80. The molecule has 2 rings (SSSR count). The number of nitrogens with zero attached hydrogens (tertiary/aromatic N) is 1. The van der Waals surface area contributed by atoms with Gasteiger partial charge in [0.25, 0.3) is 11.8 Å². The Labute approximate surface area is 147 Å². The molecule has 3 N–H and O–H groups in total. The van der Waals surface area contributed by atoms with Crippen LogP contribution in [0, 0.1) is 0 Å². The van der Waals surface area contributed by atoms with E-state index in [1.807, 2.05) is 13.8 Å². The number of hydrogen-bond donors (Lipinski definition) is 2. The maximum Gasteiger partial charge on any atom is 0.255 e. The lowest BCUT2D eigenvalue weighted by atomic mass is 10.1. The SMILES string of the molecule is CCN(CC)C(=O)c1ccc(C(=O)Nc2cc(OC)ccc2N)cc1. The Hall–Kier alpha value is -3.02. The van der Waals surface area contributed by atoms with Crippen LogP contribution in [0.1, 0.15) is 34.6 Å². The van der Waals surface area contributed by atoms with Gasteiger partial charge in [-0.1, -0.05) is 0 Å². The van der Waals surface area contributed by atoms with Gasteiger partial charge < -0.3 is 20.7 Å². The highest BCUT2D eigenvalue weighted by atomic mass is 16.5. The molecule has 0 aliphatic rings. The van der Waals surface area contributed by atoms with Gasteiger partial charge in [0.2, 0.25) is 0 Å². The predicted molar refractivity (Wildman–Crippen MR) is 99.1 cm³/mol. The largest absolute Gasteiger partial charge is 0.497 e. The van der Waals surface area contributed by atoms with Crippen LogP contribution in [0.2, 0.25) is 0 Å². The normalized spacial score (nSPS) is 10.2. The second kappa shape index (κ2) is 8.19. The molecule has 0 bridgehead atoms. The van der Waals surface area contributed by atoms with Crippen molar-refractivity contribution >= 4 is 23.2 Å². The van der Waals surface area contributed by atoms with Gasteiger partial charge in [0.15, 0.2) is 0 Å². The number of hydrogen-bond acceptors (Lipinski definition) is 4. The summed E-state index contributed by atoms with van der Waals surface area (Å²) in [5, 5.41) is 2.76. The summed E-state index contributed by atoms with van der Waals surface area (Å²) in [6.45, 7) is 5.16. The van der Waals surface area contributed by atoms with Crippen LogP contribution in [-0.4, -0.2) is 36.9 Å². The highest BCUT2D eigenvalue weighted by Crippen LogP contribution is 2.25. The summed E-state index contributed by atoms with van der Waals surface area (Å²) in [6, 6.07) is 11.6. The molecule has 0 fully saturated rings. The second-order valence-corrected chi connectivity index (χ2v) is 5.46. The van der Waals surface area contributed by atoms with Crippen molar-refractivity contribution in [2.24, 2.45) is 0 Å². The van der Waals surface area contributed by atoms with Gasteiger partial charge in [-0.3, -0.25) is 9.59 Å². The van der Waals surface area contributed by atoms with Crippen molar-refractivity contribution in [1.82, 2.24) is 4.90 Å².